The summed E-state index contributed by atoms with van der Waals surface area (Å²) in [6, 6.07) is 19.7. The number of methoxy groups -OCH3 is 3. The zero-order chi connectivity index (χ0) is 23.5. The molecule has 33 heavy (non-hydrogen) atoms. The fourth-order valence-electron chi connectivity index (χ4n) is 3.85. The summed E-state index contributed by atoms with van der Waals surface area (Å²) < 4.78 is 15.6. The van der Waals surface area contributed by atoms with Crippen molar-refractivity contribution in [1.29, 1.82) is 0 Å². The van der Waals surface area contributed by atoms with Crippen molar-refractivity contribution >= 4 is 23.1 Å². The van der Waals surface area contributed by atoms with Crippen LogP contribution in [0.3, 0.4) is 0 Å². The van der Waals surface area contributed by atoms with Gasteiger partial charge in [0, 0.05) is 11.3 Å². The van der Waals surface area contributed by atoms with E-state index >= 15 is 0 Å². The number of nitrogens with zero attached hydrogens (tertiary/aromatic N) is 1. The maximum Gasteiger partial charge on any atom is 0.300 e. The Hall–Kier alpha value is -4.26. The van der Waals surface area contributed by atoms with E-state index in [1.165, 1.54) is 4.90 Å². The molecule has 3 aromatic rings. The number of carbonyl (C=O) groups is 2. The molecule has 1 saturated heterocycles. The molecular weight excluding hydrogens is 422 g/mol. The van der Waals surface area contributed by atoms with Gasteiger partial charge in [0.2, 0.25) is 0 Å². The molecule has 7 nitrogen and oxygen atoms in total. The summed E-state index contributed by atoms with van der Waals surface area (Å²) in [4.78, 5) is 27.7. The third-order valence-corrected chi connectivity index (χ3v) is 5.59. The number of aliphatic hydroxyl groups is 1. The number of hydrogen-bond donors (Lipinski definition) is 1. The second-order valence-electron chi connectivity index (χ2n) is 7.37. The van der Waals surface area contributed by atoms with Crippen molar-refractivity contribution in [3.05, 3.63) is 89.5 Å². The van der Waals surface area contributed by atoms with Crippen LogP contribution in [0.2, 0.25) is 0 Å². The first-order valence-electron chi connectivity index (χ1n) is 10.2. The van der Waals surface area contributed by atoms with Crippen molar-refractivity contribution < 1.29 is 28.9 Å². The van der Waals surface area contributed by atoms with Gasteiger partial charge in [-0.2, -0.15) is 0 Å². The number of ether oxygens (including phenoxy) is 3. The van der Waals surface area contributed by atoms with Gasteiger partial charge in [0.1, 0.15) is 23.0 Å². The van der Waals surface area contributed by atoms with Gasteiger partial charge in [-0.3, -0.25) is 14.5 Å². The molecule has 1 heterocycles. The minimum Gasteiger partial charge on any atom is -0.507 e. The van der Waals surface area contributed by atoms with Crippen LogP contribution in [0, 0.1) is 0 Å². The molecule has 4 rings (SSSR count). The van der Waals surface area contributed by atoms with Gasteiger partial charge in [0.05, 0.1) is 32.9 Å². The van der Waals surface area contributed by atoms with E-state index in [1.54, 1.807) is 94.1 Å². The van der Waals surface area contributed by atoms with E-state index in [1.807, 2.05) is 0 Å². The minimum absolute atomic E-state index is 0.00570. The zero-order valence-electron chi connectivity index (χ0n) is 18.4. The molecule has 1 aliphatic rings. The zero-order valence-corrected chi connectivity index (χ0v) is 18.4. The number of Topliss-reactive ketones (excluding diaryl/α,β-unsaturated/α-hetero) is 1. The van der Waals surface area contributed by atoms with E-state index in [0.717, 1.165) is 0 Å². The van der Waals surface area contributed by atoms with Crippen LogP contribution >= 0.6 is 0 Å². The number of carbonyl (C=O) groups excluding carboxylic acids is 2. The number of benzene rings is 3. The molecule has 1 aliphatic heterocycles. The molecule has 0 unspecified atom stereocenters. The largest absolute Gasteiger partial charge is 0.507 e. The lowest BCUT2D eigenvalue weighted by Gasteiger charge is -2.25. The van der Waals surface area contributed by atoms with E-state index in [0.29, 0.717) is 34.1 Å². The third kappa shape index (κ3) is 4.01. The molecule has 3 aromatic carbocycles. The van der Waals surface area contributed by atoms with Crippen LogP contribution in [-0.4, -0.2) is 38.1 Å². The van der Waals surface area contributed by atoms with Crippen LogP contribution < -0.4 is 19.1 Å². The molecule has 1 N–H and O–H groups in total. The van der Waals surface area contributed by atoms with E-state index in [4.69, 9.17) is 14.2 Å². The molecule has 0 aromatic heterocycles. The van der Waals surface area contributed by atoms with Gasteiger partial charge >= 0.3 is 0 Å². The van der Waals surface area contributed by atoms with Gasteiger partial charge in [-0.05, 0) is 66.2 Å². The molecule has 0 spiro atoms. The first-order valence-corrected chi connectivity index (χ1v) is 10.2. The normalized spacial score (nSPS) is 17.2. The maximum atomic E-state index is 13.2. The topological polar surface area (TPSA) is 85.3 Å². The van der Waals surface area contributed by atoms with Crippen LogP contribution in [0.5, 0.6) is 17.2 Å². The number of rotatable bonds is 6. The first-order chi connectivity index (χ1) is 16.0. The highest BCUT2D eigenvalue weighted by atomic mass is 16.5. The van der Waals surface area contributed by atoms with Gasteiger partial charge in [-0.15, -0.1) is 0 Å². The monoisotopic (exact) mass is 445 g/mol. The minimum atomic E-state index is -0.827. The number of anilines is 1. The summed E-state index contributed by atoms with van der Waals surface area (Å²) in [6.45, 7) is 0. The number of aliphatic hydroxyl groups excluding tert-OH is 1. The Morgan fingerprint density at radius 2 is 1.18 bits per heavy atom. The average Bonchev–Trinajstić information content (AvgIpc) is 3.14. The van der Waals surface area contributed by atoms with Crippen molar-refractivity contribution in [3.8, 4) is 17.2 Å². The smallest absolute Gasteiger partial charge is 0.300 e. The lowest BCUT2D eigenvalue weighted by molar-refractivity contribution is -0.132. The van der Waals surface area contributed by atoms with Crippen LogP contribution in [0.25, 0.3) is 5.76 Å². The quantitative estimate of drug-likeness (QED) is 0.345. The lowest BCUT2D eigenvalue weighted by Crippen LogP contribution is -2.29. The summed E-state index contributed by atoms with van der Waals surface area (Å²) in [6.07, 6.45) is 0. The van der Waals surface area contributed by atoms with E-state index in [-0.39, 0.29) is 11.3 Å². The van der Waals surface area contributed by atoms with Crippen LogP contribution in [0.15, 0.2) is 78.4 Å². The maximum absolute atomic E-state index is 13.2. The van der Waals surface area contributed by atoms with Crippen molar-refractivity contribution in [2.45, 2.75) is 6.04 Å². The summed E-state index contributed by atoms with van der Waals surface area (Å²) in [5, 5.41) is 11.1. The molecule has 0 bridgehead atoms. The SMILES string of the molecule is COc1ccc(C(O)=C2C(=O)C(=O)N(c3ccc(OC)cc3)[C@@H]2c2ccc(OC)cc2)cc1. The highest BCUT2D eigenvalue weighted by Gasteiger charge is 2.47. The second-order valence-corrected chi connectivity index (χ2v) is 7.37. The number of ketones is 1. The van der Waals surface area contributed by atoms with Crippen molar-refractivity contribution in [3.63, 3.8) is 0 Å². The highest BCUT2D eigenvalue weighted by molar-refractivity contribution is 6.51. The predicted molar refractivity (Wildman–Crippen MR) is 124 cm³/mol. The molecule has 0 radical (unpaired) electrons. The summed E-state index contributed by atoms with van der Waals surface area (Å²) in [7, 11) is 4.65. The van der Waals surface area contributed by atoms with Gasteiger partial charge in [0.25, 0.3) is 11.7 Å². The summed E-state index contributed by atoms with van der Waals surface area (Å²) in [5.41, 5.74) is 1.57. The molecule has 1 amide bonds. The highest BCUT2D eigenvalue weighted by Crippen LogP contribution is 2.42. The van der Waals surface area contributed by atoms with Crippen molar-refractivity contribution in [2.24, 2.45) is 0 Å². The molecule has 168 valence electrons. The average molecular weight is 445 g/mol. The molecule has 1 atom stereocenters. The number of amides is 1. The summed E-state index contributed by atoms with van der Waals surface area (Å²) >= 11 is 0. The van der Waals surface area contributed by atoms with E-state index in [2.05, 4.69) is 0 Å². The lowest BCUT2D eigenvalue weighted by atomic mass is 9.95. The van der Waals surface area contributed by atoms with Gasteiger partial charge in [-0.1, -0.05) is 12.1 Å². The van der Waals surface area contributed by atoms with Gasteiger partial charge in [-0.25, -0.2) is 0 Å². The standard InChI is InChI=1S/C26H23NO6/c1-31-19-10-4-16(5-11-19)23-22(24(28)17-6-12-20(32-2)13-7-17)25(29)26(30)27(23)18-8-14-21(33-3)15-9-18/h4-15,23,28H,1-3H3/t23-/m1/s1. The van der Waals surface area contributed by atoms with Crippen molar-refractivity contribution in [2.75, 3.05) is 26.2 Å². The Morgan fingerprint density at radius 3 is 1.67 bits per heavy atom. The van der Waals surface area contributed by atoms with Crippen LogP contribution in [-0.2, 0) is 9.59 Å². The van der Waals surface area contributed by atoms with E-state index in [9.17, 15) is 14.7 Å². The Kier molecular flexibility index (Phi) is 6.04. The summed E-state index contributed by atoms with van der Waals surface area (Å²) in [5.74, 6) is 0.116. The van der Waals surface area contributed by atoms with Gasteiger partial charge in [0.15, 0.2) is 0 Å². The second kappa shape index (κ2) is 9.08. The van der Waals surface area contributed by atoms with E-state index < -0.39 is 17.7 Å². The molecular formula is C26H23NO6. The van der Waals surface area contributed by atoms with Crippen LogP contribution in [0.4, 0.5) is 5.69 Å². The molecule has 0 aliphatic carbocycles. The third-order valence-electron chi connectivity index (χ3n) is 5.59. The Labute approximate surface area is 191 Å². The predicted octanol–water partition coefficient (Wildman–Crippen LogP) is 4.34. The number of hydrogen-bond acceptors (Lipinski definition) is 6. The Morgan fingerprint density at radius 1 is 0.727 bits per heavy atom. The molecule has 7 heteroatoms. The molecule has 0 saturated carbocycles. The Balaban J connectivity index is 1.89. The Bertz CT molecular complexity index is 1200. The molecule has 1 fully saturated rings. The van der Waals surface area contributed by atoms with Gasteiger partial charge < -0.3 is 19.3 Å². The first kappa shape index (κ1) is 22.0. The van der Waals surface area contributed by atoms with Crippen molar-refractivity contribution in [1.82, 2.24) is 0 Å². The fraction of sp³-hybridized carbons (Fsp3) is 0.154. The fourth-order valence-corrected chi connectivity index (χ4v) is 3.85. The van der Waals surface area contributed by atoms with Crippen LogP contribution in [0.1, 0.15) is 17.2 Å².